The molecule has 3 heteroatoms. The fourth-order valence-corrected chi connectivity index (χ4v) is 3.66. The second-order valence-corrected chi connectivity index (χ2v) is 7.29. The van der Waals surface area contributed by atoms with Crippen LogP contribution < -0.4 is 5.32 Å². The zero-order valence-electron chi connectivity index (χ0n) is 13.7. The summed E-state index contributed by atoms with van der Waals surface area (Å²) in [5.41, 5.74) is 0. The van der Waals surface area contributed by atoms with Crippen molar-refractivity contribution in [1.82, 2.24) is 10.2 Å². The van der Waals surface area contributed by atoms with E-state index >= 15 is 0 Å². The maximum atomic E-state index is 12.4. The Labute approximate surface area is 124 Å². The number of carbonyl (C=O) groups is 1. The second kappa shape index (κ2) is 6.93. The van der Waals surface area contributed by atoms with Crippen molar-refractivity contribution in [2.24, 2.45) is 11.8 Å². The lowest BCUT2D eigenvalue weighted by Gasteiger charge is -2.40. The van der Waals surface area contributed by atoms with Crippen molar-refractivity contribution < 1.29 is 4.79 Å². The van der Waals surface area contributed by atoms with E-state index in [1.807, 2.05) is 0 Å². The molecule has 2 aliphatic carbocycles. The third-order valence-corrected chi connectivity index (χ3v) is 5.59. The first-order valence-electron chi connectivity index (χ1n) is 8.54. The number of carbonyl (C=O) groups excluding carboxylic acids is 1. The minimum atomic E-state index is 0.233. The summed E-state index contributed by atoms with van der Waals surface area (Å²) in [4.78, 5) is 14.8. The topological polar surface area (TPSA) is 32.3 Å². The lowest BCUT2D eigenvalue weighted by Crippen LogP contribution is -2.52. The maximum Gasteiger partial charge on any atom is 0.234 e. The molecule has 2 rings (SSSR count). The van der Waals surface area contributed by atoms with Gasteiger partial charge in [0.1, 0.15) is 0 Å². The van der Waals surface area contributed by atoms with E-state index in [-0.39, 0.29) is 5.91 Å². The predicted molar refractivity (Wildman–Crippen MR) is 83.6 cm³/mol. The first kappa shape index (κ1) is 15.8. The molecule has 0 saturated heterocycles. The average molecular weight is 280 g/mol. The van der Waals surface area contributed by atoms with Gasteiger partial charge in [-0.1, -0.05) is 33.1 Å². The van der Waals surface area contributed by atoms with Crippen molar-refractivity contribution in [3.63, 3.8) is 0 Å². The third-order valence-electron chi connectivity index (χ3n) is 5.59. The molecule has 2 saturated carbocycles. The summed E-state index contributed by atoms with van der Waals surface area (Å²) in [5.74, 6) is 1.59. The molecule has 0 aromatic rings. The molecule has 3 atom stereocenters. The smallest absolute Gasteiger partial charge is 0.234 e. The number of hydrogen-bond acceptors (Lipinski definition) is 2. The molecule has 1 N–H and O–H groups in total. The molecule has 0 aliphatic heterocycles. The molecule has 3 nitrogen and oxygen atoms in total. The molecule has 0 spiro atoms. The molecule has 0 aromatic heterocycles. The minimum absolute atomic E-state index is 0.233. The van der Waals surface area contributed by atoms with E-state index in [9.17, 15) is 4.79 Å². The highest BCUT2D eigenvalue weighted by Crippen LogP contribution is 2.30. The summed E-state index contributed by atoms with van der Waals surface area (Å²) in [6, 6.07) is 1.50. The van der Waals surface area contributed by atoms with Crippen LogP contribution in [0.2, 0.25) is 0 Å². The molecule has 0 radical (unpaired) electrons. The Balaban J connectivity index is 1.84. The van der Waals surface area contributed by atoms with Gasteiger partial charge in [0.05, 0.1) is 6.54 Å². The van der Waals surface area contributed by atoms with E-state index in [1.165, 1.54) is 32.1 Å². The van der Waals surface area contributed by atoms with Crippen LogP contribution in [-0.4, -0.2) is 35.5 Å². The van der Waals surface area contributed by atoms with Gasteiger partial charge in [-0.25, -0.2) is 0 Å². The molecule has 0 bridgehead atoms. The van der Waals surface area contributed by atoms with Crippen LogP contribution in [-0.2, 0) is 4.79 Å². The Bertz CT molecular complexity index is 325. The Hall–Kier alpha value is -0.570. The van der Waals surface area contributed by atoms with Crippen LogP contribution in [0.3, 0.4) is 0 Å². The fourth-order valence-electron chi connectivity index (χ4n) is 3.66. The Kier molecular flexibility index (Phi) is 5.48. The number of amides is 1. The van der Waals surface area contributed by atoms with E-state index in [2.05, 4.69) is 37.9 Å². The molecule has 1 amide bonds. The van der Waals surface area contributed by atoms with Gasteiger partial charge in [-0.05, 0) is 44.9 Å². The standard InChI is InChI=1S/C17H32N2O/c1-12(2)19(15-8-6-9-15)11-17(20)18-16-10-5-7-13(3)14(16)4/h12-16H,5-11H2,1-4H3,(H,18,20)/t13-,14-,16+/m1/s1. The van der Waals surface area contributed by atoms with Crippen molar-refractivity contribution in [1.29, 1.82) is 0 Å². The van der Waals surface area contributed by atoms with Crippen molar-refractivity contribution in [3.05, 3.63) is 0 Å². The van der Waals surface area contributed by atoms with Crippen LogP contribution in [0.1, 0.15) is 66.2 Å². The highest BCUT2D eigenvalue weighted by molar-refractivity contribution is 5.78. The molecule has 0 unspecified atom stereocenters. The molecule has 20 heavy (non-hydrogen) atoms. The van der Waals surface area contributed by atoms with Crippen molar-refractivity contribution >= 4 is 5.91 Å². The summed E-state index contributed by atoms with van der Waals surface area (Å²) >= 11 is 0. The summed E-state index contributed by atoms with van der Waals surface area (Å²) in [6.45, 7) is 9.60. The third kappa shape index (κ3) is 3.75. The number of hydrogen-bond donors (Lipinski definition) is 1. The van der Waals surface area contributed by atoms with Crippen molar-refractivity contribution in [2.45, 2.75) is 84.3 Å². The van der Waals surface area contributed by atoms with E-state index in [0.29, 0.717) is 30.6 Å². The number of nitrogens with one attached hydrogen (secondary N) is 1. The van der Waals surface area contributed by atoms with Gasteiger partial charge in [-0.15, -0.1) is 0 Å². The van der Waals surface area contributed by atoms with E-state index < -0.39 is 0 Å². The van der Waals surface area contributed by atoms with E-state index in [4.69, 9.17) is 0 Å². The summed E-state index contributed by atoms with van der Waals surface area (Å²) in [6.07, 6.45) is 7.58. The molecule has 2 aliphatic rings. The monoisotopic (exact) mass is 280 g/mol. The normalized spacial score (nSPS) is 31.4. The molecule has 0 heterocycles. The quantitative estimate of drug-likeness (QED) is 0.839. The lowest BCUT2D eigenvalue weighted by molar-refractivity contribution is -0.125. The predicted octanol–water partition coefficient (Wildman–Crippen LogP) is 3.19. The Morgan fingerprint density at radius 3 is 2.35 bits per heavy atom. The molecular formula is C17H32N2O. The molecular weight excluding hydrogens is 248 g/mol. The minimum Gasteiger partial charge on any atom is -0.352 e. The van der Waals surface area contributed by atoms with E-state index in [1.54, 1.807) is 0 Å². The number of rotatable bonds is 5. The Morgan fingerprint density at radius 1 is 1.15 bits per heavy atom. The largest absolute Gasteiger partial charge is 0.352 e. The van der Waals surface area contributed by atoms with Gasteiger partial charge < -0.3 is 5.32 Å². The van der Waals surface area contributed by atoms with Gasteiger partial charge in [0, 0.05) is 18.1 Å². The van der Waals surface area contributed by atoms with Gasteiger partial charge in [-0.2, -0.15) is 0 Å². The van der Waals surface area contributed by atoms with Gasteiger partial charge >= 0.3 is 0 Å². The van der Waals surface area contributed by atoms with Gasteiger partial charge in [-0.3, -0.25) is 9.69 Å². The van der Waals surface area contributed by atoms with Crippen LogP contribution in [0.4, 0.5) is 0 Å². The van der Waals surface area contributed by atoms with Gasteiger partial charge in [0.2, 0.25) is 5.91 Å². The molecule has 116 valence electrons. The van der Waals surface area contributed by atoms with Crippen molar-refractivity contribution in [2.75, 3.05) is 6.54 Å². The zero-order chi connectivity index (χ0) is 14.7. The highest BCUT2D eigenvalue weighted by Gasteiger charge is 2.31. The summed E-state index contributed by atoms with van der Waals surface area (Å²) in [7, 11) is 0. The molecule has 2 fully saturated rings. The van der Waals surface area contributed by atoms with Gasteiger partial charge in [0.25, 0.3) is 0 Å². The fraction of sp³-hybridized carbons (Fsp3) is 0.941. The summed E-state index contributed by atoms with van der Waals surface area (Å²) in [5, 5.41) is 3.31. The van der Waals surface area contributed by atoms with E-state index in [0.717, 1.165) is 12.3 Å². The first-order chi connectivity index (χ1) is 9.49. The van der Waals surface area contributed by atoms with Crippen LogP contribution >= 0.6 is 0 Å². The number of nitrogens with zero attached hydrogens (tertiary/aromatic N) is 1. The van der Waals surface area contributed by atoms with Crippen LogP contribution in [0.5, 0.6) is 0 Å². The SMILES string of the molecule is CC(C)N(CC(=O)N[C@H]1CCC[C@@H](C)[C@H]1C)C1CCC1. The lowest BCUT2D eigenvalue weighted by atomic mass is 9.78. The molecule has 0 aromatic carbocycles. The van der Waals surface area contributed by atoms with Crippen LogP contribution in [0.15, 0.2) is 0 Å². The summed E-state index contributed by atoms with van der Waals surface area (Å²) < 4.78 is 0. The maximum absolute atomic E-state index is 12.4. The highest BCUT2D eigenvalue weighted by atomic mass is 16.2. The Morgan fingerprint density at radius 2 is 1.80 bits per heavy atom. The second-order valence-electron chi connectivity index (χ2n) is 7.29. The van der Waals surface area contributed by atoms with Crippen LogP contribution in [0, 0.1) is 11.8 Å². The first-order valence-corrected chi connectivity index (χ1v) is 8.54. The van der Waals surface area contributed by atoms with Crippen molar-refractivity contribution in [3.8, 4) is 0 Å². The van der Waals surface area contributed by atoms with Gasteiger partial charge in [0.15, 0.2) is 0 Å². The average Bonchev–Trinajstić information content (AvgIpc) is 2.32. The zero-order valence-corrected chi connectivity index (χ0v) is 13.7. The van der Waals surface area contributed by atoms with Crippen LogP contribution in [0.25, 0.3) is 0 Å².